The minimum atomic E-state index is -0.0488. The summed E-state index contributed by atoms with van der Waals surface area (Å²) in [6.07, 6.45) is 0. The molecule has 2 aromatic carbocycles. The number of hydrogen-bond acceptors (Lipinski definition) is 2. The first kappa shape index (κ1) is 15.4. The molecule has 0 spiro atoms. The number of benzene rings is 2. The number of carbonyl (C=O) groups is 1. The molecule has 0 aliphatic carbocycles. The number of rotatable bonds is 5. The van der Waals surface area contributed by atoms with Crippen molar-refractivity contribution in [3.8, 4) is 5.75 Å². The highest BCUT2D eigenvalue weighted by Crippen LogP contribution is 2.22. The van der Waals surface area contributed by atoms with Gasteiger partial charge in [-0.2, -0.15) is 0 Å². The van der Waals surface area contributed by atoms with Crippen LogP contribution in [-0.2, 0) is 6.61 Å². The molecule has 0 aromatic heterocycles. The molecule has 21 heavy (non-hydrogen) atoms. The minimum absolute atomic E-state index is 0.0488. The zero-order valence-corrected chi connectivity index (χ0v) is 12.9. The zero-order chi connectivity index (χ0) is 15.2. The van der Waals surface area contributed by atoms with Crippen molar-refractivity contribution in [2.45, 2.75) is 13.5 Å². The second-order valence-electron chi connectivity index (χ2n) is 4.70. The van der Waals surface area contributed by atoms with E-state index in [9.17, 15) is 4.79 Å². The molecule has 0 bridgehead atoms. The quantitative estimate of drug-likeness (QED) is 0.835. The van der Waals surface area contributed by atoms with Gasteiger partial charge in [0.15, 0.2) is 0 Å². The van der Waals surface area contributed by atoms with E-state index in [2.05, 4.69) is 0 Å². The van der Waals surface area contributed by atoms with Crippen LogP contribution >= 0.6 is 11.6 Å². The van der Waals surface area contributed by atoms with Crippen LogP contribution in [0.2, 0.25) is 5.02 Å². The number of ether oxygens (including phenoxy) is 1. The maximum Gasteiger partial charge on any atom is 0.257 e. The van der Waals surface area contributed by atoms with Gasteiger partial charge in [0.25, 0.3) is 5.91 Å². The molecular weight excluding hydrogens is 286 g/mol. The standard InChI is InChI=1S/C17H18ClNO2/c1-3-19(2)17(20)14-9-5-7-11-16(14)21-12-13-8-4-6-10-15(13)18/h4-11H,3,12H2,1-2H3. The fourth-order valence-corrected chi connectivity index (χ4v) is 2.08. The van der Waals surface area contributed by atoms with Crippen molar-refractivity contribution in [1.29, 1.82) is 0 Å². The number of hydrogen-bond donors (Lipinski definition) is 0. The third-order valence-electron chi connectivity index (χ3n) is 3.28. The van der Waals surface area contributed by atoms with Crippen molar-refractivity contribution in [2.75, 3.05) is 13.6 Å². The molecule has 0 saturated heterocycles. The average molecular weight is 304 g/mol. The Balaban J connectivity index is 2.17. The monoisotopic (exact) mass is 303 g/mol. The molecule has 110 valence electrons. The lowest BCUT2D eigenvalue weighted by Gasteiger charge is -2.17. The van der Waals surface area contributed by atoms with Crippen LogP contribution in [0.1, 0.15) is 22.8 Å². The molecular formula is C17H18ClNO2. The number of carbonyl (C=O) groups excluding carboxylic acids is 1. The molecule has 0 N–H and O–H groups in total. The molecule has 4 heteroatoms. The number of halogens is 1. The second kappa shape index (κ2) is 7.14. The van der Waals surface area contributed by atoms with Gasteiger partial charge in [0.2, 0.25) is 0 Å². The molecule has 0 heterocycles. The van der Waals surface area contributed by atoms with Crippen molar-refractivity contribution in [1.82, 2.24) is 4.90 Å². The van der Waals surface area contributed by atoms with Gasteiger partial charge in [-0.3, -0.25) is 4.79 Å². The first-order chi connectivity index (χ1) is 10.1. The summed E-state index contributed by atoms with van der Waals surface area (Å²) in [5.74, 6) is 0.523. The third kappa shape index (κ3) is 3.76. The number of amides is 1. The van der Waals surface area contributed by atoms with Crippen molar-refractivity contribution in [3.63, 3.8) is 0 Å². The van der Waals surface area contributed by atoms with Gasteiger partial charge < -0.3 is 9.64 Å². The van der Waals surface area contributed by atoms with Gasteiger partial charge in [-0.15, -0.1) is 0 Å². The Morgan fingerprint density at radius 1 is 1.14 bits per heavy atom. The smallest absolute Gasteiger partial charge is 0.257 e. The fourth-order valence-electron chi connectivity index (χ4n) is 1.89. The highest BCUT2D eigenvalue weighted by Gasteiger charge is 2.15. The lowest BCUT2D eigenvalue weighted by atomic mass is 10.1. The highest BCUT2D eigenvalue weighted by molar-refractivity contribution is 6.31. The van der Waals surface area contributed by atoms with Crippen LogP contribution in [0.4, 0.5) is 0 Å². The fraction of sp³-hybridized carbons (Fsp3) is 0.235. The predicted molar refractivity (Wildman–Crippen MR) is 84.9 cm³/mol. The molecule has 0 fully saturated rings. The van der Waals surface area contributed by atoms with E-state index in [0.29, 0.717) is 29.5 Å². The molecule has 0 radical (unpaired) electrons. The van der Waals surface area contributed by atoms with E-state index in [1.807, 2.05) is 43.3 Å². The van der Waals surface area contributed by atoms with Crippen LogP contribution in [0, 0.1) is 0 Å². The largest absolute Gasteiger partial charge is 0.488 e. The minimum Gasteiger partial charge on any atom is -0.488 e. The van der Waals surface area contributed by atoms with Gasteiger partial charge >= 0.3 is 0 Å². The first-order valence-electron chi connectivity index (χ1n) is 6.84. The van der Waals surface area contributed by atoms with E-state index in [1.54, 1.807) is 24.1 Å². The van der Waals surface area contributed by atoms with Crippen LogP contribution in [-0.4, -0.2) is 24.4 Å². The molecule has 1 amide bonds. The molecule has 0 aliphatic rings. The third-order valence-corrected chi connectivity index (χ3v) is 3.65. The predicted octanol–water partition coefficient (Wildman–Crippen LogP) is 4.01. The molecule has 0 aliphatic heterocycles. The molecule has 0 unspecified atom stereocenters. The van der Waals surface area contributed by atoms with E-state index in [4.69, 9.17) is 16.3 Å². The molecule has 3 nitrogen and oxygen atoms in total. The Morgan fingerprint density at radius 3 is 2.52 bits per heavy atom. The Labute approximate surface area is 130 Å². The van der Waals surface area contributed by atoms with E-state index >= 15 is 0 Å². The van der Waals surface area contributed by atoms with Gasteiger partial charge in [0, 0.05) is 24.2 Å². The summed E-state index contributed by atoms with van der Waals surface area (Å²) in [6, 6.07) is 14.8. The average Bonchev–Trinajstić information content (AvgIpc) is 2.53. The summed E-state index contributed by atoms with van der Waals surface area (Å²) in [5, 5.41) is 0.659. The lowest BCUT2D eigenvalue weighted by Crippen LogP contribution is -2.26. The van der Waals surface area contributed by atoms with E-state index in [-0.39, 0.29) is 5.91 Å². The second-order valence-corrected chi connectivity index (χ2v) is 5.10. The summed E-state index contributed by atoms with van der Waals surface area (Å²) in [7, 11) is 1.77. The highest BCUT2D eigenvalue weighted by atomic mass is 35.5. The van der Waals surface area contributed by atoms with Crippen molar-refractivity contribution in [3.05, 3.63) is 64.7 Å². The van der Waals surface area contributed by atoms with Gasteiger partial charge in [-0.1, -0.05) is 41.9 Å². The van der Waals surface area contributed by atoms with Crippen LogP contribution in [0.15, 0.2) is 48.5 Å². The Hall–Kier alpha value is -2.00. The van der Waals surface area contributed by atoms with Gasteiger partial charge in [0.1, 0.15) is 12.4 Å². The van der Waals surface area contributed by atoms with Crippen molar-refractivity contribution < 1.29 is 9.53 Å². The van der Waals surface area contributed by atoms with Crippen LogP contribution < -0.4 is 4.74 Å². The maximum atomic E-state index is 12.3. The van der Waals surface area contributed by atoms with E-state index in [1.165, 1.54) is 0 Å². The topological polar surface area (TPSA) is 29.5 Å². The summed E-state index contributed by atoms with van der Waals surface area (Å²) in [6.45, 7) is 2.92. The normalized spacial score (nSPS) is 10.2. The first-order valence-corrected chi connectivity index (χ1v) is 7.22. The molecule has 2 rings (SSSR count). The zero-order valence-electron chi connectivity index (χ0n) is 12.2. The number of nitrogens with zero attached hydrogens (tertiary/aromatic N) is 1. The Bertz CT molecular complexity index is 628. The van der Waals surface area contributed by atoms with Crippen molar-refractivity contribution in [2.24, 2.45) is 0 Å². The van der Waals surface area contributed by atoms with Crippen LogP contribution in [0.3, 0.4) is 0 Å². The lowest BCUT2D eigenvalue weighted by molar-refractivity contribution is 0.0797. The van der Waals surface area contributed by atoms with Gasteiger partial charge in [-0.05, 0) is 25.1 Å². The maximum absolute atomic E-state index is 12.3. The van der Waals surface area contributed by atoms with Crippen LogP contribution in [0.25, 0.3) is 0 Å². The van der Waals surface area contributed by atoms with Crippen molar-refractivity contribution >= 4 is 17.5 Å². The van der Waals surface area contributed by atoms with Crippen LogP contribution in [0.5, 0.6) is 5.75 Å². The molecule has 0 saturated carbocycles. The Morgan fingerprint density at radius 2 is 1.81 bits per heavy atom. The van der Waals surface area contributed by atoms with Gasteiger partial charge in [-0.25, -0.2) is 0 Å². The Kier molecular flexibility index (Phi) is 5.23. The number of para-hydroxylation sites is 1. The van der Waals surface area contributed by atoms with E-state index < -0.39 is 0 Å². The SMILES string of the molecule is CCN(C)C(=O)c1ccccc1OCc1ccccc1Cl. The van der Waals surface area contributed by atoms with Gasteiger partial charge in [0.05, 0.1) is 5.56 Å². The summed E-state index contributed by atoms with van der Waals surface area (Å²) < 4.78 is 5.79. The summed E-state index contributed by atoms with van der Waals surface area (Å²) >= 11 is 6.11. The molecule has 0 atom stereocenters. The summed E-state index contributed by atoms with van der Waals surface area (Å²) in [5.41, 5.74) is 1.46. The van der Waals surface area contributed by atoms with E-state index in [0.717, 1.165) is 5.56 Å². The summed E-state index contributed by atoms with van der Waals surface area (Å²) in [4.78, 5) is 13.9. The molecule has 2 aromatic rings.